The van der Waals surface area contributed by atoms with E-state index in [2.05, 4.69) is 10.0 Å². The normalized spacial score (nSPS) is 11.9. The van der Waals surface area contributed by atoms with Crippen LogP contribution in [0.4, 0.5) is 0 Å². The summed E-state index contributed by atoms with van der Waals surface area (Å²) in [7, 11) is -3.45. The summed E-state index contributed by atoms with van der Waals surface area (Å²) in [5.41, 5.74) is 0. The largest absolute Gasteiger partial charge is 0.395 e. The van der Waals surface area contributed by atoms with Crippen molar-refractivity contribution in [2.24, 2.45) is 0 Å². The van der Waals surface area contributed by atoms with Crippen LogP contribution in [0.1, 0.15) is 25.7 Å². The van der Waals surface area contributed by atoms with Gasteiger partial charge in [0.15, 0.2) is 0 Å². The van der Waals surface area contributed by atoms with Gasteiger partial charge in [0.05, 0.1) is 11.5 Å². The van der Waals surface area contributed by atoms with E-state index in [4.69, 9.17) is 5.11 Å². The van der Waals surface area contributed by atoms with Crippen molar-refractivity contribution in [3.8, 4) is 0 Å². The van der Waals surface area contributed by atoms with Crippen molar-refractivity contribution < 1.29 is 13.5 Å². The molecule has 0 spiro atoms. The minimum Gasteiger partial charge on any atom is -0.395 e. The minimum atomic E-state index is -3.45. The third-order valence-electron chi connectivity index (χ3n) is 3.89. The Balaban J connectivity index is 1.74. The summed E-state index contributed by atoms with van der Waals surface area (Å²) in [4.78, 5) is 0.314. The molecule has 0 amide bonds. The molecule has 5 nitrogen and oxygen atoms in total. The van der Waals surface area contributed by atoms with Crippen molar-refractivity contribution in [2.45, 2.75) is 30.6 Å². The van der Waals surface area contributed by atoms with Crippen molar-refractivity contribution >= 4 is 20.8 Å². The summed E-state index contributed by atoms with van der Waals surface area (Å²) >= 11 is 0. The topological polar surface area (TPSA) is 78.4 Å². The van der Waals surface area contributed by atoms with Gasteiger partial charge in [-0.15, -0.1) is 0 Å². The Morgan fingerprint density at radius 2 is 1.54 bits per heavy atom. The highest BCUT2D eigenvalue weighted by Crippen LogP contribution is 2.18. The number of rotatable bonds is 11. The molecule has 6 heteroatoms. The summed E-state index contributed by atoms with van der Waals surface area (Å²) in [6.07, 6.45) is 3.90. The second-order valence-corrected chi connectivity index (χ2v) is 7.56. The number of nitrogens with one attached hydrogen (secondary N) is 2. The van der Waals surface area contributed by atoms with Gasteiger partial charge in [-0.2, -0.15) is 0 Å². The van der Waals surface area contributed by atoms with Crippen molar-refractivity contribution in [1.29, 1.82) is 0 Å². The van der Waals surface area contributed by atoms with Gasteiger partial charge < -0.3 is 10.4 Å². The fourth-order valence-electron chi connectivity index (χ4n) is 2.56. The molecule has 0 aliphatic carbocycles. The van der Waals surface area contributed by atoms with Crippen LogP contribution in [0.15, 0.2) is 47.4 Å². The lowest BCUT2D eigenvalue weighted by atomic mass is 10.1. The van der Waals surface area contributed by atoms with Gasteiger partial charge in [0, 0.05) is 13.1 Å². The average Bonchev–Trinajstić information content (AvgIpc) is 2.60. The Hall–Kier alpha value is -1.47. The summed E-state index contributed by atoms with van der Waals surface area (Å²) in [6, 6.07) is 12.9. The zero-order chi connectivity index (χ0) is 17.3. The molecule has 24 heavy (non-hydrogen) atoms. The van der Waals surface area contributed by atoms with E-state index in [1.807, 2.05) is 30.3 Å². The Kier molecular flexibility index (Phi) is 7.65. The molecule has 0 bridgehead atoms. The molecule has 0 aliphatic heterocycles. The van der Waals surface area contributed by atoms with Crippen LogP contribution in [0.5, 0.6) is 0 Å². The van der Waals surface area contributed by atoms with Crippen LogP contribution in [0.25, 0.3) is 10.8 Å². The van der Waals surface area contributed by atoms with E-state index >= 15 is 0 Å². The van der Waals surface area contributed by atoms with E-state index in [0.717, 1.165) is 43.0 Å². The number of aliphatic hydroxyl groups excluding tert-OH is 1. The van der Waals surface area contributed by atoms with Crippen LogP contribution < -0.4 is 10.0 Å². The number of fused-ring (bicyclic) bond motifs is 1. The maximum atomic E-state index is 12.3. The summed E-state index contributed by atoms with van der Waals surface area (Å²) in [5.74, 6) is 0. The van der Waals surface area contributed by atoms with Gasteiger partial charge in [-0.05, 0) is 42.3 Å². The smallest absolute Gasteiger partial charge is 0.240 e. The van der Waals surface area contributed by atoms with Crippen LogP contribution in [0, 0.1) is 0 Å². The van der Waals surface area contributed by atoms with Crippen LogP contribution in [0.2, 0.25) is 0 Å². The molecular formula is C18H26N2O3S. The van der Waals surface area contributed by atoms with E-state index in [0.29, 0.717) is 18.0 Å². The maximum absolute atomic E-state index is 12.3. The van der Waals surface area contributed by atoms with Crippen molar-refractivity contribution in [3.05, 3.63) is 42.5 Å². The molecule has 2 rings (SSSR count). The van der Waals surface area contributed by atoms with Gasteiger partial charge >= 0.3 is 0 Å². The fraction of sp³-hybridized carbons (Fsp3) is 0.444. The highest BCUT2D eigenvalue weighted by Gasteiger charge is 2.13. The molecule has 0 atom stereocenters. The molecule has 0 heterocycles. The Labute approximate surface area is 144 Å². The third kappa shape index (κ3) is 5.87. The quantitative estimate of drug-likeness (QED) is 0.543. The second-order valence-electron chi connectivity index (χ2n) is 5.79. The summed E-state index contributed by atoms with van der Waals surface area (Å²) < 4.78 is 27.4. The molecule has 0 aromatic heterocycles. The zero-order valence-corrected chi connectivity index (χ0v) is 14.7. The molecule has 0 unspecified atom stereocenters. The van der Waals surface area contributed by atoms with E-state index in [9.17, 15) is 8.42 Å². The molecule has 0 saturated heterocycles. The molecule has 132 valence electrons. The zero-order valence-electron chi connectivity index (χ0n) is 13.9. The first kappa shape index (κ1) is 18.9. The van der Waals surface area contributed by atoms with Crippen LogP contribution in [0.3, 0.4) is 0 Å². The van der Waals surface area contributed by atoms with E-state index in [1.54, 1.807) is 12.1 Å². The van der Waals surface area contributed by atoms with Crippen LogP contribution >= 0.6 is 0 Å². The molecule has 2 aromatic rings. The van der Waals surface area contributed by atoms with Gasteiger partial charge in [-0.3, -0.25) is 0 Å². The predicted molar refractivity (Wildman–Crippen MR) is 97.6 cm³/mol. The molecule has 0 aliphatic rings. The Morgan fingerprint density at radius 3 is 2.29 bits per heavy atom. The lowest BCUT2D eigenvalue weighted by Gasteiger charge is -2.08. The van der Waals surface area contributed by atoms with Gasteiger partial charge in [0.25, 0.3) is 0 Å². The fourth-order valence-corrected chi connectivity index (χ4v) is 3.67. The third-order valence-corrected chi connectivity index (χ3v) is 5.35. The minimum absolute atomic E-state index is 0.163. The number of hydrogen-bond donors (Lipinski definition) is 3. The van der Waals surface area contributed by atoms with Crippen molar-refractivity contribution in [3.63, 3.8) is 0 Å². The molecule has 2 aromatic carbocycles. The Bertz CT molecular complexity index is 732. The first-order valence-corrected chi connectivity index (χ1v) is 9.92. The van der Waals surface area contributed by atoms with Crippen LogP contribution in [-0.4, -0.2) is 39.8 Å². The van der Waals surface area contributed by atoms with Crippen molar-refractivity contribution in [2.75, 3.05) is 26.2 Å². The van der Waals surface area contributed by atoms with Gasteiger partial charge in [-0.25, -0.2) is 13.1 Å². The highest BCUT2D eigenvalue weighted by atomic mass is 32.2. The summed E-state index contributed by atoms with van der Waals surface area (Å²) in [6.45, 7) is 2.14. The average molecular weight is 350 g/mol. The first-order valence-electron chi connectivity index (χ1n) is 8.43. The van der Waals surface area contributed by atoms with Gasteiger partial charge in [-0.1, -0.05) is 43.2 Å². The summed E-state index contributed by atoms with van der Waals surface area (Å²) in [5, 5.41) is 13.7. The standard InChI is InChI=1S/C18H26N2O3S/c21-14-13-19-11-5-1-2-6-12-20-24(22,23)18-10-9-16-7-3-4-8-17(16)15-18/h3-4,7-10,15,19-21H,1-2,5-6,11-14H2. The van der Waals surface area contributed by atoms with E-state index < -0.39 is 10.0 Å². The maximum Gasteiger partial charge on any atom is 0.240 e. The number of aliphatic hydroxyl groups is 1. The van der Waals surface area contributed by atoms with E-state index in [-0.39, 0.29) is 6.61 Å². The molecular weight excluding hydrogens is 324 g/mol. The van der Waals surface area contributed by atoms with E-state index in [1.165, 1.54) is 0 Å². The van der Waals surface area contributed by atoms with Crippen molar-refractivity contribution in [1.82, 2.24) is 10.0 Å². The number of hydrogen-bond acceptors (Lipinski definition) is 4. The van der Waals surface area contributed by atoms with Gasteiger partial charge in [0.1, 0.15) is 0 Å². The number of sulfonamides is 1. The molecule has 3 N–H and O–H groups in total. The SMILES string of the molecule is O=S(=O)(NCCCCCCNCCO)c1ccc2ccccc2c1. The first-order chi connectivity index (χ1) is 11.6. The molecule has 0 saturated carbocycles. The second kappa shape index (κ2) is 9.74. The highest BCUT2D eigenvalue weighted by molar-refractivity contribution is 7.89. The molecule has 0 fully saturated rings. The number of benzene rings is 2. The van der Waals surface area contributed by atoms with Gasteiger partial charge in [0.2, 0.25) is 10.0 Å². The lowest BCUT2D eigenvalue weighted by molar-refractivity contribution is 0.292. The number of unbranched alkanes of at least 4 members (excludes halogenated alkanes) is 3. The van der Waals surface area contributed by atoms with Crippen LogP contribution in [-0.2, 0) is 10.0 Å². The molecule has 0 radical (unpaired) electrons. The monoisotopic (exact) mass is 350 g/mol. The lowest BCUT2D eigenvalue weighted by Crippen LogP contribution is -2.24. The predicted octanol–water partition coefficient (Wildman–Crippen LogP) is 2.26. The Morgan fingerprint density at radius 1 is 0.833 bits per heavy atom.